The van der Waals surface area contributed by atoms with E-state index < -0.39 is 5.91 Å². The number of para-hydroxylation sites is 1. The summed E-state index contributed by atoms with van der Waals surface area (Å²) in [6, 6.07) is 13.1. The van der Waals surface area contributed by atoms with Gasteiger partial charge >= 0.3 is 0 Å². The average molecular weight is 468 g/mol. The molecule has 2 heterocycles. The molecular weight excluding hydrogens is 442 g/mol. The lowest BCUT2D eigenvalue weighted by atomic mass is 10.1. The van der Waals surface area contributed by atoms with Crippen molar-refractivity contribution >= 4 is 46.1 Å². The predicted molar refractivity (Wildman–Crippen MR) is 132 cm³/mol. The van der Waals surface area contributed by atoms with E-state index in [0.29, 0.717) is 46.7 Å². The maximum atomic E-state index is 11.9. The van der Waals surface area contributed by atoms with Crippen LogP contribution in [0.15, 0.2) is 48.7 Å². The molecule has 0 aliphatic carbocycles. The number of pyridine rings is 1. The smallest absolute Gasteiger partial charge is 0.250 e. The number of rotatable bonds is 7. The summed E-state index contributed by atoms with van der Waals surface area (Å²) in [6.45, 7) is 5.01. The first-order chi connectivity index (χ1) is 16.0. The largest absolute Gasteiger partial charge is 0.494 e. The molecule has 0 saturated carbocycles. The molecule has 4 rings (SSSR count). The van der Waals surface area contributed by atoms with Crippen LogP contribution in [-0.4, -0.2) is 44.3 Å². The van der Waals surface area contributed by atoms with Gasteiger partial charge in [0.25, 0.3) is 5.91 Å². The van der Waals surface area contributed by atoms with Crippen molar-refractivity contribution in [1.82, 2.24) is 4.98 Å². The molecule has 8 nitrogen and oxygen atoms in total. The van der Waals surface area contributed by atoms with Crippen LogP contribution in [0.4, 0.5) is 28.6 Å². The number of carbonyl (C=O) groups excluding carboxylic acids is 1. The summed E-state index contributed by atoms with van der Waals surface area (Å²) >= 11 is 6.39. The van der Waals surface area contributed by atoms with Crippen LogP contribution in [-0.2, 0) is 4.74 Å². The van der Waals surface area contributed by atoms with Gasteiger partial charge in [-0.1, -0.05) is 23.7 Å². The number of nitrogens with two attached hydrogens (primary N) is 1. The van der Waals surface area contributed by atoms with E-state index in [9.17, 15) is 4.79 Å². The van der Waals surface area contributed by atoms with Crippen LogP contribution in [0.25, 0.3) is 0 Å². The van der Waals surface area contributed by atoms with Crippen LogP contribution in [0.3, 0.4) is 0 Å². The summed E-state index contributed by atoms with van der Waals surface area (Å²) in [5.74, 6) is 0.739. The Labute approximate surface area is 197 Å². The number of nitrogens with one attached hydrogen (secondary N) is 2. The second-order valence-corrected chi connectivity index (χ2v) is 8.05. The standard InChI is InChI=1S/C24H26ClN5O3/c1-15-4-3-5-17(24(26)31)23(15)29-20-13-22(27-14-18(20)25)28-19-7-6-16(12-21(19)32-2)30-8-10-33-11-9-30/h3-7,12-14H,8-11H2,1-2H3,(H2,26,31)(H2,27,28,29). The topological polar surface area (TPSA) is 102 Å². The number of benzene rings is 2. The molecule has 1 aromatic heterocycles. The van der Waals surface area contributed by atoms with Crippen LogP contribution in [0.2, 0.25) is 5.02 Å². The zero-order valence-corrected chi connectivity index (χ0v) is 19.3. The fourth-order valence-corrected chi connectivity index (χ4v) is 3.87. The SMILES string of the molecule is COc1cc(N2CCOCC2)ccc1Nc1cc(Nc2c(C)cccc2C(N)=O)c(Cl)cn1. The highest BCUT2D eigenvalue weighted by Crippen LogP contribution is 2.35. The van der Waals surface area contributed by atoms with Gasteiger partial charge in [0.2, 0.25) is 0 Å². The fraction of sp³-hybridized carbons (Fsp3) is 0.250. The predicted octanol–water partition coefficient (Wildman–Crippen LogP) is 4.47. The van der Waals surface area contributed by atoms with Crippen LogP contribution in [0.5, 0.6) is 5.75 Å². The molecule has 0 unspecified atom stereocenters. The quantitative estimate of drug-likeness (QED) is 0.471. The van der Waals surface area contributed by atoms with Crippen molar-refractivity contribution < 1.29 is 14.3 Å². The van der Waals surface area contributed by atoms with E-state index >= 15 is 0 Å². The van der Waals surface area contributed by atoms with E-state index in [-0.39, 0.29) is 0 Å². The second-order valence-electron chi connectivity index (χ2n) is 7.65. The first-order valence-electron chi connectivity index (χ1n) is 10.6. The zero-order chi connectivity index (χ0) is 23.4. The molecule has 4 N–H and O–H groups in total. The number of aryl methyl sites for hydroxylation is 1. The number of hydrogen-bond donors (Lipinski definition) is 3. The van der Waals surface area contributed by atoms with Gasteiger partial charge in [0.15, 0.2) is 0 Å². The highest BCUT2D eigenvalue weighted by Gasteiger charge is 2.16. The Bertz CT molecular complexity index is 1160. The van der Waals surface area contributed by atoms with Crippen molar-refractivity contribution in [3.05, 3.63) is 64.8 Å². The number of anilines is 5. The number of primary amides is 1. The number of morpholine rings is 1. The summed E-state index contributed by atoms with van der Waals surface area (Å²) in [5, 5.41) is 6.94. The van der Waals surface area contributed by atoms with Crippen molar-refractivity contribution in [3.63, 3.8) is 0 Å². The van der Waals surface area contributed by atoms with Gasteiger partial charge in [0.1, 0.15) is 11.6 Å². The van der Waals surface area contributed by atoms with Gasteiger partial charge in [-0.3, -0.25) is 4.79 Å². The van der Waals surface area contributed by atoms with E-state index in [1.165, 1.54) is 0 Å². The molecule has 172 valence electrons. The Hall–Kier alpha value is -3.49. The third kappa shape index (κ3) is 5.13. The van der Waals surface area contributed by atoms with E-state index in [1.54, 1.807) is 31.5 Å². The monoisotopic (exact) mass is 467 g/mol. The average Bonchev–Trinajstić information content (AvgIpc) is 2.83. The summed E-state index contributed by atoms with van der Waals surface area (Å²) in [5.41, 5.74) is 9.84. The van der Waals surface area contributed by atoms with Gasteiger partial charge in [0, 0.05) is 30.9 Å². The van der Waals surface area contributed by atoms with E-state index in [4.69, 9.17) is 26.8 Å². The molecule has 3 aromatic rings. The minimum Gasteiger partial charge on any atom is -0.494 e. The Morgan fingerprint density at radius 3 is 2.67 bits per heavy atom. The summed E-state index contributed by atoms with van der Waals surface area (Å²) in [7, 11) is 1.63. The lowest BCUT2D eigenvalue weighted by molar-refractivity contribution is 0.100. The molecule has 0 bridgehead atoms. The normalized spacial score (nSPS) is 13.5. The molecular formula is C24H26ClN5O3. The van der Waals surface area contributed by atoms with Gasteiger partial charge in [-0.2, -0.15) is 0 Å². The van der Waals surface area contributed by atoms with Crippen molar-refractivity contribution in [2.24, 2.45) is 5.73 Å². The molecule has 1 amide bonds. The maximum Gasteiger partial charge on any atom is 0.250 e. The van der Waals surface area contributed by atoms with E-state index in [0.717, 1.165) is 30.0 Å². The minimum absolute atomic E-state index is 0.387. The number of aromatic nitrogens is 1. The van der Waals surface area contributed by atoms with Crippen LogP contribution < -0.4 is 26.0 Å². The lowest BCUT2D eigenvalue weighted by Crippen LogP contribution is -2.36. The minimum atomic E-state index is -0.519. The molecule has 1 aliphatic heterocycles. The number of halogens is 1. The van der Waals surface area contributed by atoms with Crippen molar-refractivity contribution in [1.29, 1.82) is 0 Å². The number of ether oxygens (including phenoxy) is 2. The molecule has 9 heteroatoms. The molecule has 1 aliphatic rings. The van der Waals surface area contributed by atoms with Crippen LogP contribution >= 0.6 is 11.6 Å². The molecule has 0 atom stereocenters. The van der Waals surface area contributed by atoms with Gasteiger partial charge < -0.3 is 30.7 Å². The number of carbonyl (C=O) groups is 1. The van der Waals surface area contributed by atoms with Gasteiger partial charge in [-0.25, -0.2) is 4.98 Å². The molecule has 2 aromatic carbocycles. The number of amides is 1. The molecule has 33 heavy (non-hydrogen) atoms. The number of methoxy groups -OCH3 is 1. The Morgan fingerprint density at radius 2 is 1.94 bits per heavy atom. The number of hydrogen-bond acceptors (Lipinski definition) is 7. The first-order valence-corrected chi connectivity index (χ1v) is 10.9. The third-order valence-corrected chi connectivity index (χ3v) is 5.78. The molecule has 1 saturated heterocycles. The fourth-order valence-electron chi connectivity index (χ4n) is 3.72. The van der Waals surface area contributed by atoms with Crippen molar-refractivity contribution in [2.45, 2.75) is 6.92 Å². The van der Waals surface area contributed by atoms with E-state index in [1.807, 2.05) is 31.2 Å². The maximum absolute atomic E-state index is 11.9. The summed E-state index contributed by atoms with van der Waals surface area (Å²) < 4.78 is 11.1. The van der Waals surface area contributed by atoms with Gasteiger partial charge in [-0.05, 0) is 30.7 Å². The van der Waals surface area contributed by atoms with Crippen molar-refractivity contribution in [2.75, 3.05) is 48.9 Å². The van der Waals surface area contributed by atoms with Gasteiger partial charge in [-0.15, -0.1) is 0 Å². The Kier molecular flexibility index (Phi) is 6.86. The number of nitrogens with zero attached hydrogens (tertiary/aromatic N) is 2. The summed E-state index contributed by atoms with van der Waals surface area (Å²) in [6.07, 6.45) is 1.54. The highest BCUT2D eigenvalue weighted by molar-refractivity contribution is 6.33. The Balaban J connectivity index is 1.59. The summed E-state index contributed by atoms with van der Waals surface area (Å²) in [4.78, 5) is 18.5. The molecule has 0 radical (unpaired) electrons. The van der Waals surface area contributed by atoms with E-state index in [2.05, 4.69) is 20.5 Å². The highest BCUT2D eigenvalue weighted by atomic mass is 35.5. The van der Waals surface area contributed by atoms with Crippen molar-refractivity contribution in [3.8, 4) is 5.75 Å². The third-order valence-electron chi connectivity index (χ3n) is 5.48. The van der Waals surface area contributed by atoms with Gasteiger partial charge in [0.05, 0.1) is 54.2 Å². The molecule has 0 spiro atoms. The first kappa shape index (κ1) is 22.7. The zero-order valence-electron chi connectivity index (χ0n) is 18.5. The Morgan fingerprint density at radius 1 is 1.15 bits per heavy atom. The van der Waals surface area contributed by atoms with Crippen LogP contribution in [0, 0.1) is 6.92 Å². The second kappa shape index (κ2) is 9.97. The lowest BCUT2D eigenvalue weighted by Gasteiger charge is -2.29. The van der Waals surface area contributed by atoms with Crippen LogP contribution in [0.1, 0.15) is 15.9 Å². The molecule has 1 fully saturated rings.